The van der Waals surface area contributed by atoms with Crippen LogP contribution in [0.3, 0.4) is 0 Å². The Morgan fingerprint density at radius 3 is 2.44 bits per heavy atom. The minimum absolute atomic E-state index is 0.0952. The van der Waals surface area contributed by atoms with E-state index in [9.17, 15) is 22.8 Å². The van der Waals surface area contributed by atoms with Crippen molar-refractivity contribution in [2.24, 2.45) is 0 Å². The van der Waals surface area contributed by atoms with Gasteiger partial charge in [0.1, 0.15) is 0 Å². The largest absolute Gasteiger partial charge is 0.416 e. The van der Waals surface area contributed by atoms with Crippen molar-refractivity contribution in [2.75, 3.05) is 5.32 Å². The van der Waals surface area contributed by atoms with Gasteiger partial charge in [0.2, 0.25) is 0 Å². The fourth-order valence-corrected chi connectivity index (χ4v) is 2.23. The van der Waals surface area contributed by atoms with Gasteiger partial charge in [0, 0.05) is 23.0 Å². The number of halogens is 3. The average molecular weight is 375 g/mol. The van der Waals surface area contributed by atoms with Crippen LogP contribution in [-0.4, -0.2) is 18.0 Å². The Hall–Kier alpha value is -3.42. The maximum absolute atomic E-state index is 12.8. The van der Waals surface area contributed by atoms with Crippen molar-refractivity contribution < 1.29 is 22.8 Å². The number of allylic oxidation sites excluding steroid dienone is 1. The van der Waals surface area contributed by atoms with E-state index in [2.05, 4.69) is 17.2 Å². The highest BCUT2D eigenvalue weighted by atomic mass is 19.4. The summed E-state index contributed by atoms with van der Waals surface area (Å²) in [5.41, 5.74) is 0.103. The monoisotopic (exact) mass is 375 g/mol. The van der Waals surface area contributed by atoms with Crippen LogP contribution in [0.2, 0.25) is 0 Å². The van der Waals surface area contributed by atoms with Gasteiger partial charge >= 0.3 is 6.18 Å². The predicted molar refractivity (Wildman–Crippen MR) is 96.0 cm³/mol. The van der Waals surface area contributed by atoms with Crippen LogP contribution < -0.4 is 10.6 Å². The molecule has 0 aliphatic rings. The van der Waals surface area contributed by atoms with Gasteiger partial charge in [0.25, 0.3) is 11.8 Å². The Labute approximate surface area is 153 Å². The molecule has 0 aliphatic carbocycles. The molecule has 0 bridgehead atoms. The number of benzene rings is 2. The average Bonchev–Trinajstić information content (AvgIpc) is 2.62. The summed E-state index contributed by atoms with van der Waals surface area (Å²) in [6, 6.07) is 8.56. The number of hydrogen-bond donors (Lipinski definition) is 3. The summed E-state index contributed by atoms with van der Waals surface area (Å²) >= 11 is 0. The van der Waals surface area contributed by atoms with E-state index in [1.165, 1.54) is 18.2 Å². The van der Waals surface area contributed by atoms with Crippen LogP contribution in [-0.2, 0) is 6.18 Å². The summed E-state index contributed by atoms with van der Waals surface area (Å²) in [4.78, 5) is 24.4. The zero-order valence-electron chi connectivity index (χ0n) is 14.3. The van der Waals surface area contributed by atoms with E-state index in [4.69, 9.17) is 5.41 Å². The van der Waals surface area contributed by atoms with Crippen LogP contribution in [0.1, 0.15) is 31.8 Å². The molecule has 0 saturated carbocycles. The first-order chi connectivity index (χ1) is 12.6. The molecule has 0 fully saturated rings. The third-order valence-electron chi connectivity index (χ3n) is 3.64. The van der Waals surface area contributed by atoms with Gasteiger partial charge < -0.3 is 16.0 Å². The second-order valence-electron chi connectivity index (χ2n) is 5.69. The molecular weight excluding hydrogens is 359 g/mol. The van der Waals surface area contributed by atoms with Gasteiger partial charge in [0.05, 0.1) is 11.3 Å². The molecule has 0 heterocycles. The van der Waals surface area contributed by atoms with Gasteiger partial charge in [-0.3, -0.25) is 9.59 Å². The number of amides is 2. The number of rotatable bonds is 5. The lowest BCUT2D eigenvalue weighted by Gasteiger charge is -2.12. The van der Waals surface area contributed by atoms with E-state index in [0.29, 0.717) is 5.56 Å². The highest BCUT2D eigenvalue weighted by Gasteiger charge is 2.30. The molecule has 5 nitrogen and oxygen atoms in total. The lowest BCUT2D eigenvalue weighted by atomic mass is 10.1. The van der Waals surface area contributed by atoms with Crippen LogP contribution in [0.5, 0.6) is 0 Å². The number of aryl methyl sites for hydroxylation is 1. The van der Waals surface area contributed by atoms with Gasteiger partial charge in [-0.05, 0) is 42.8 Å². The quantitative estimate of drug-likeness (QED) is 0.686. The van der Waals surface area contributed by atoms with Crippen LogP contribution in [0.25, 0.3) is 0 Å². The fourth-order valence-electron chi connectivity index (χ4n) is 2.23. The summed E-state index contributed by atoms with van der Waals surface area (Å²) in [6.07, 6.45) is -3.67. The lowest BCUT2D eigenvalue weighted by molar-refractivity contribution is -0.137. The van der Waals surface area contributed by atoms with Crippen molar-refractivity contribution in [2.45, 2.75) is 13.1 Å². The van der Waals surface area contributed by atoms with E-state index in [-0.39, 0.29) is 22.5 Å². The minimum atomic E-state index is -4.55. The van der Waals surface area contributed by atoms with Crippen LogP contribution in [0, 0.1) is 12.3 Å². The van der Waals surface area contributed by atoms with E-state index in [1.807, 2.05) is 0 Å². The first-order valence-electron chi connectivity index (χ1n) is 7.72. The minimum Gasteiger partial charge on any atom is -0.322 e. The maximum atomic E-state index is 12.8. The Morgan fingerprint density at radius 1 is 1.11 bits per heavy atom. The van der Waals surface area contributed by atoms with Crippen LogP contribution in [0.4, 0.5) is 18.9 Å². The highest BCUT2D eigenvalue weighted by molar-refractivity contribution is 6.06. The molecule has 8 heteroatoms. The lowest BCUT2D eigenvalue weighted by Crippen LogP contribution is -2.24. The number of nitrogens with one attached hydrogen (secondary N) is 3. The number of anilines is 1. The van der Waals surface area contributed by atoms with Gasteiger partial charge in [-0.2, -0.15) is 13.2 Å². The SMILES string of the molecule is C=C(C=N)NC(=O)c1cc(NC(=O)c2cccc(C(F)(F)F)c2)ccc1C. The Morgan fingerprint density at radius 2 is 1.81 bits per heavy atom. The van der Waals surface area contributed by atoms with Crippen LogP contribution in [0.15, 0.2) is 54.7 Å². The summed E-state index contributed by atoms with van der Waals surface area (Å²) in [5, 5.41) is 11.9. The molecule has 0 spiro atoms. The van der Waals surface area contributed by atoms with E-state index in [0.717, 1.165) is 24.4 Å². The van der Waals surface area contributed by atoms with E-state index >= 15 is 0 Å². The summed E-state index contributed by atoms with van der Waals surface area (Å²) < 4.78 is 38.3. The summed E-state index contributed by atoms with van der Waals surface area (Å²) in [7, 11) is 0. The molecule has 0 unspecified atom stereocenters. The smallest absolute Gasteiger partial charge is 0.322 e. The highest BCUT2D eigenvalue weighted by Crippen LogP contribution is 2.29. The molecule has 0 aliphatic heterocycles. The predicted octanol–water partition coefficient (Wildman–Crippen LogP) is 4.16. The Kier molecular flexibility index (Phi) is 5.79. The molecule has 3 N–H and O–H groups in total. The van der Waals surface area contributed by atoms with Gasteiger partial charge in [-0.15, -0.1) is 0 Å². The molecule has 0 atom stereocenters. The van der Waals surface area contributed by atoms with Crippen LogP contribution >= 0.6 is 0 Å². The van der Waals surface area contributed by atoms with Crippen molar-refractivity contribution >= 4 is 23.7 Å². The molecule has 0 saturated heterocycles. The Bertz CT molecular complexity index is 921. The van der Waals surface area contributed by atoms with Crippen molar-refractivity contribution in [3.8, 4) is 0 Å². The second-order valence-corrected chi connectivity index (χ2v) is 5.69. The summed E-state index contributed by atoms with van der Waals surface area (Å²) in [6.45, 7) is 5.15. The molecule has 0 aromatic heterocycles. The zero-order valence-corrected chi connectivity index (χ0v) is 14.3. The molecule has 2 aromatic rings. The van der Waals surface area contributed by atoms with Gasteiger partial charge in [-0.1, -0.05) is 18.7 Å². The number of carbonyl (C=O) groups excluding carboxylic acids is 2. The number of alkyl halides is 3. The zero-order chi connectivity index (χ0) is 20.2. The third kappa shape index (κ3) is 5.04. The third-order valence-corrected chi connectivity index (χ3v) is 3.64. The van der Waals surface area contributed by atoms with Crippen molar-refractivity contribution in [1.29, 1.82) is 5.41 Å². The van der Waals surface area contributed by atoms with E-state index in [1.54, 1.807) is 13.0 Å². The normalized spacial score (nSPS) is 10.8. The fraction of sp³-hybridized carbons (Fsp3) is 0.105. The second kappa shape index (κ2) is 7.86. The topological polar surface area (TPSA) is 82.1 Å². The maximum Gasteiger partial charge on any atom is 0.416 e. The van der Waals surface area contributed by atoms with Gasteiger partial charge in [-0.25, -0.2) is 0 Å². The summed E-state index contributed by atoms with van der Waals surface area (Å²) in [5.74, 6) is -1.25. The molecule has 2 aromatic carbocycles. The van der Waals surface area contributed by atoms with E-state index < -0.39 is 23.6 Å². The molecular formula is C19H16F3N3O2. The molecule has 2 rings (SSSR count). The molecule has 0 radical (unpaired) electrons. The van der Waals surface area contributed by atoms with Crippen molar-refractivity contribution in [3.05, 3.63) is 77.0 Å². The number of hydrogen-bond acceptors (Lipinski definition) is 3. The Balaban J connectivity index is 2.24. The molecule has 2 amide bonds. The van der Waals surface area contributed by atoms with Crippen molar-refractivity contribution in [1.82, 2.24) is 5.32 Å². The number of carbonyl (C=O) groups is 2. The van der Waals surface area contributed by atoms with Crippen molar-refractivity contribution in [3.63, 3.8) is 0 Å². The first kappa shape index (κ1) is 19.9. The first-order valence-corrected chi connectivity index (χ1v) is 7.72. The molecule has 27 heavy (non-hydrogen) atoms. The molecule has 140 valence electrons. The van der Waals surface area contributed by atoms with Gasteiger partial charge in [0.15, 0.2) is 0 Å². The standard InChI is InChI=1S/C19H16F3N3O2/c1-11-6-7-15(9-16(11)18(27)24-12(2)10-23)25-17(26)13-4-3-5-14(8-13)19(20,21)22/h3-10,23H,2H2,1H3,(H,24,27)(H,25,26).